The number of aliphatic hydroxyl groups is 1. The second-order valence-corrected chi connectivity index (χ2v) is 5.10. The van der Waals surface area contributed by atoms with Crippen molar-refractivity contribution in [2.45, 2.75) is 33.1 Å². The molecule has 0 saturated carbocycles. The van der Waals surface area contributed by atoms with Crippen LogP contribution in [-0.4, -0.2) is 35.6 Å². The molecule has 0 unspecified atom stereocenters. The van der Waals surface area contributed by atoms with Crippen LogP contribution in [0.1, 0.15) is 31.9 Å². The van der Waals surface area contributed by atoms with Gasteiger partial charge in [0, 0.05) is 13.1 Å². The van der Waals surface area contributed by atoms with Gasteiger partial charge in [0.15, 0.2) is 0 Å². The van der Waals surface area contributed by atoms with Crippen LogP contribution < -0.4 is 0 Å². The molecular formula is C15H23NO2. The van der Waals surface area contributed by atoms with E-state index in [0.29, 0.717) is 13.1 Å². The minimum absolute atomic E-state index is 0.00353. The third-order valence-corrected chi connectivity index (χ3v) is 3.35. The van der Waals surface area contributed by atoms with Gasteiger partial charge in [0.2, 0.25) is 5.91 Å². The highest BCUT2D eigenvalue weighted by atomic mass is 16.3. The van der Waals surface area contributed by atoms with Gasteiger partial charge < -0.3 is 10.0 Å². The maximum Gasteiger partial charge on any atom is 0.232 e. The van der Waals surface area contributed by atoms with Crippen molar-refractivity contribution in [3.8, 4) is 0 Å². The van der Waals surface area contributed by atoms with Crippen LogP contribution >= 0.6 is 0 Å². The molecule has 1 amide bonds. The van der Waals surface area contributed by atoms with Gasteiger partial charge in [0.1, 0.15) is 0 Å². The van der Waals surface area contributed by atoms with Gasteiger partial charge in [0.25, 0.3) is 0 Å². The summed E-state index contributed by atoms with van der Waals surface area (Å²) in [5, 5.41) is 9.00. The van der Waals surface area contributed by atoms with Crippen molar-refractivity contribution in [3.63, 3.8) is 0 Å². The third-order valence-electron chi connectivity index (χ3n) is 3.35. The summed E-state index contributed by atoms with van der Waals surface area (Å²) in [6, 6.07) is 8.04. The Bertz CT molecular complexity index is 395. The number of hydrogen-bond donors (Lipinski definition) is 1. The van der Waals surface area contributed by atoms with Crippen molar-refractivity contribution in [1.29, 1.82) is 0 Å². The second-order valence-electron chi connectivity index (χ2n) is 5.10. The number of benzene rings is 1. The molecule has 0 heterocycles. The number of carbonyl (C=O) groups excluding carboxylic acids is 1. The first kappa shape index (κ1) is 14.7. The van der Waals surface area contributed by atoms with E-state index in [1.54, 1.807) is 4.90 Å². The maximum atomic E-state index is 12.5. The molecule has 100 valence electrons. The van der Waals surface area contributed by atoms with Gasteiger partial charge in [-0.25, -0.2) is 0 Å². The van der Waals surface area contributed by atoms with Crippen LogP contribution in [0.3, 0.4) is 0 Å². The van der Waals surface area contributed by atoms with E-state index in [9.17, 15) is 4.79 Å². The van der Waals surface area contributed by atoms with Crippen molar-refractivity contribution in [2.24, 2.45) is 0 Å². The first-order valence-electron chi connectivity index (χ1n) is 6.40. The fourth-order valence-corrected chi connectivity index (χ4v) is 2.01. The lowest BCUT2D eigenvalue weighted by Crippen LogP contribution is -2.44. The second kappa shape index (κ2) is 6.01. The zero-order valence-electron chi connectivity index (χ0n) is 11.7. The summed E-state index contributed by atoms with van der Waals surface area (Å²) in [6.45, 7) is 8.84. The molecule has 1 aromatic carbocycles. The molecule has 3 heteroatoms. The van der Waals surface area contributed by atoms with Crippen LogP contribution in [-0.2, 0) is 10.2 Å². The third kappa shape index (κ3) is 3.10. The van der Waals surface area contributed by atoms with Crippen molar-refractivity contribution < 1.29 is 9.90 Å². The SMILES string of the molecule is CCN(CCO)C(=O)C(C)(C)c1ccc(C)cc1. The van der Waals surface area contributed by atoms with E-state index in [1.807, 2.05) is 52.0 Å². The van der Waals surface area contributed by atoms with Crippen molar-refractivity contribution >= 4 is 5.91 Å². The fraction of sp³-hybridized carbons (Fsp3) is 0.533. The summed E-state index contributed by atoms with van der Waals surface area (Å²) in [5.41, 5.74) is 1.64. The van der Waals surface area contributed by atoms with Crippen LogP contribution in [0, 0.1) is 6.92 Å². The zero-order chi connectivity index (χ0) is 13.8. The van der Waals surface area contributed by atoms with Gasteiger partial charge in [-0.1, -0.05) is 29.8 Å². The van der Waals surface area contributed by atoms with E-state index < -0.39 is 5.41 Å². The predicted molar refractivity (Wildman–Crippen MR) is 73.5 cm³/mol. The number of amides is 1. The molecule has 0 aromatic heterocycles. The van der Waals surface area contributed by atoms with E-state index >= 15 is 0 Å². The van der Waals surface area contributed by atoms with Gasteiger partial charge in [-0.05, 0) is 33.3 Å². The van der Waals surface area contributed by atoms with Crippen LogP contribution in [0.15, 0.2) is 24.3 Å². The molecule has 0 radical (unpaired) electrons. The lowest BCUT2D eigenvalue weighted by atomic mass is 9.83. The molecule has 1 rings (SSSR count). The molecule has 0 aliphatic heterocycles. The number of hydrogen-bond acceptors (Lipinski definition) is 2. The van der Waals surface area contributed by atoms with E-state index in [4.69, 9.17) is 5.11 Å². The summed E-state index contributed by atoms with van der Waals surface area (Å²) in [4.78, 5) is 14.2. The Kier molecular flexibility index (Phi) is 4.91. The van der Waals surface area contributed by atoms with Gasteiger partial charge in [-0.15, -0.1) is 0 Å². The number of likely N-dealkylation sites (N-methyl/N-ethyl adjacent to an activating group) is 1. The summed E-state index contributed by atoms with van der Waals surface area (Å²) < 4.78 is 0. The number of carbonyl (C=O) groups is 1. The molecule has 0 bridgehead atoms. The summed E-state index contributed by atoms with van der Waals surface area (Å²) in [7, 11) is 0. The Hall–Kier alpha value is -1.35. The molecule has 1 aromatic rings. The molecule has 0 spiro atoms. The molecule has 0 fully saturated rings. The fourth-order valence-electron chi connectivity index (χ4n) is 2.01. The van der Waals surface area contributed by atoms with Crippen LogP contribution in [0.5, 0.6) is 0 Å². The van der Waals surface area contributed by atoms with Crippen LogP contribution in [0.2, 0.25) is 0 Å². The highest BCUT2D eigenvalue weighted by Crippen LogP contribution is 2.26. The average Bonchev–Trinajstić information content (AvgIpc) is 2.35. The summed E-state index contributed by atoms with van der Waals surface area (Å²) in [6.07, 6.45) is 0. The number of aryl methyl sites for hydroxylation is 1. The Balaban J connectivity index is 2.97. The minimum atomic E-state index is -0.557. The van der Waals surface area contributed by atoms with E-state index in [2.05, 4.69) is 0 Å². The zero-order valence-corrected chi connectivity index (χ0v) is 11.7. The average molecular weight is 249 g/mol. The van der Waals surface area contributed by atoms with Crippen molar-refractivity contribution in [3.05, 3.63) is 35.4 Å². The van der Waals surface area contributed by atoms with E-state index in [0.717, 1.165) is 5.56 Å². The van der Waals surface area contributed by atoms with E-state index in [1.165, 1.54) is 5.56 Å². The highest BCUT2D eigenvalue weighted by Gasteiger charge is 2.32. The predicted octanol–water partition coefficient (Wildman–Crippen LogP) is 2.11. The maximum absolute atomic E-state index is 12.5. The number of rotatable bonds is 5. The van der Waals surface area contributed by atoms with Crippen molar-refractivity contribution in [1.82, 2.24) is 4.90 Å². The molecule has 0 aliphatic carbocycles. The first-order valence-corrected chi connectivity index (χ1v) is 6.40. The van der Waals surface area contributed by atoms with E-state index in [-0.39, 0.29) is 12.5 Å². The Labute approximate surface area is 109 Å². The van der Waals surface area contributed by atoms with Crippen molar-refractivity contribution in [2.75, 3.05) is 19.7 Å². The molecule has 0 aliphatic rings. The quantitative estimate of drug-likeness (QED) is 0.868. The van der Waals surface area contributed by atoms with Gasteiger partial charge in [-0.2, -0.15) is 0 Å². The Morgan fingerprint density at radius 3 is 2.28 bits per heavy atom. The molecule has 1 N–H and O–H groups in total. The summed E-state index contributed by atoms with van der Waals surface area (Å²) >= 11 is 0. The standard InChI is InChI=1S/C15H23NO2/c1-5-16(10-11-17)14(18)15(3,4)13-8-6-12(2)7-9-13/h6-9,17H,5,10-11H2,1-4H3. The largest absolute Gasteiger partial charge is 0.395 e. The molecular weight excluding hydrogens is 226 g/mol. The molecule has 0 atom stereocenters. The molecule has 3 nitrogen and oxygen atoms in total. The lowest BCUT2D eigenvalue weighted by molar-refractivity contribution is -0.136. The van der Waals surface area contributed by atoms with Gasteiger partial charge >= 0.3 is 0 Å². The first-order chi connectivity index (χ1) is 8.43. The number of nitrogens with zero attached hydrogens (tertiary/aromatic N) is 1. The molecule has 0 saturated heterocycles. The van der Waals surface area contributed by atoms with Crippen LogP contribution in [0.4, 0.5) is 0 Å². The van der Waals surface area contributed by atoms with Gasteiger partial charge in [-0.3, -0.25) is 4.79 Å². The topological polar surface area (TPSA) is 40.5 Å². The highest BCUT2D eigenvalue weighted by molar-refractivity contribution is 5.87. The van der Waals surface area contributed by atoms with Gasteiger partial charge in [0.05, 0.1) is 12.0 Å². The van der Waals surface area contributed by atoms with Crippen LogP contribution in [0.25, 0.3) is 0 Å². The monoisotopic (exact) mass is 249 g/mol. The minimum Gasteiger partial charge on any atom is -0.395 e. The Morgan fingerprint density at radius 1 is 1.28 bits per heavy atom. The lowest BCUT2D eigenvalue weighted by Gasteiger charge is -2.31. The molecule has 18 heavy (non-hydrogen) atoms. The normalized spacial score (nSPS) is 11.4. The Morgan fingerprint density at radius 2 is 1.83 bits per heavy atom. The number of aliphatic hydroxyl groups excluding tert-OH is 1. The smallest absolute Gasteiger partial charge is 0.232 e. The summed E-state index contributed by atoms with van der Waals surface area (Å²) in [5.74, 6) is 0.0582.